The Labute approximate surface area is 134 Å². The summed E-state index contributed by atoms with van der Waals surface area (Å²) < 4.78 is 0. The molecule has 0 radical (unpaired) electrons. The highest BCUT2D eigenvalue weighted by Gasteiger charge is 2.22. The molecule has 20 heavy (non-hydrogen) atoms. The summed E-state index contributed by atoms with van der Waals surface area (Å²) in [6.45, 7) is 8.74. The predicted molar refractivity (Wildman–Crippen MR) is 91.8 cm³/mol. The lowest BCUT2D eigenvalue weighted by atomic mass is 9.84. The maximum Gasteiger partial charge on any atom is 0.220 e. The average molecular weight is 323 g/mol. The minimum Gasteiger partial charge on any atom is -0.354 e. The van der Waals surface area contributed by atoms with E-state index in [1.165, 1.54) is 12.8 Å². The standard InChI is InChI=1S/C15H30N2OS.ClH/c1-4-19-10-7-13(3)17-15(18)11-12(2)14-5-8-16-9-6-14;/h12-14,16H,4-11H2,1-3H3,(H,17,18);1H. The second-order valence-electron chi connectivity index (χ2n) is 5.72. The minimum atomic E-state index is 0. The largest absolute Gasteiger partial charge is 0.354 e. The van der Waals surface area contributed by atoms with Gasteiger partial charge in [0.2, 0.25) is 5.91 Å². The van der Waals surface area contributed by atoms with Gasteiger partial charge in [-0.05, 0) is 62.6 Å². The normalized spacial score (nSPS) is 18.9. The maximum absolute atomic E-state index is 12.0. The van der Waals surface area contributed by atoms with E-state index >= 15 is 0 Å². The predicted octanol–water partition coefficient (Wildman–Crippen LogP) is 3.08. The van der Waals surface area contributed by atoms with E-state index in [0.717, 1.165) is 36.9 Å². The fourth-order valence-electron chi connectivity index (χ4n) is 2.68. The van der Waals surface area contributed by atoms with Gasteiger partial charge in [0.05, 0.1) is 0 Å². The van der Waals surface area contributed by atoms with E-state index in [0.29, 0.717) is 18.4 Å². The van der Waals surface area contributed by atoms with Gasteiger partial charge >= 0.3 is 0 Å². The van der Waals surface area contributed by atoms with Crippen molar-refractivity contribution in [3.8, 4) is 0 Å². The van der Waals surface area contributed by atoms with Gasteiger partial charge in [0.15, 0.2) is 0 Å². The second-order valence-corrected chi connectivity index (χ2v) is 7.12. The van der Waals surface area contributed by atoms with E-state index in [-0.39, 0.29) is 18.3 Å². The van der Waals surface area contributed by atoms with Crippen molar-refractivity contribution in [1.29, 1.82) is 0 Å². The van der Waals surface area contributed by atoms with Gasteiger partial charge in [-0.1, -0.05) is 13.8 Å². The lowest BCUT2D eigenvalue weighted by molar-refractivity contribution is -0.123. The Morgan fingerprint density at radius 3 is 2.60 bits per heavy atom. The fraction of sp³-hybridized carbons (Fsp3) is 0.933. The Bertz CT molecular complexity index is 260. The van der Waals surface area contributed by atoms with Crippen LogP contribution in [0, 0.1) is 11.8 Å². The van der Waals surface area contributed by atoms with Crippen molar-refractivity contribution in [2.45, 2.75) is 52.5 Å². The molecule has 0 aliphatic carbocycles. The first kappa shape index (κ1) is 20.1. The Hall–Kier alpha value is 0.0700. The molecule has 0 aromatic carbocycles. The molecule has 1 aliphatic rings. The van der Waals surface area contributed by atoms with Crippen LogP contribution in [0.3, 0.4) is 0 Å². The zero-order valence-electron chi connectivity index (χ0n) is 13.1. The van der Waals surface area contributed by atoms with E-state index in [1.54, 1.807) is 0 Å². The van der Waals surface area contributed by atoms with Crippen LogP contribution in [0.2, 0.25) is 0 Å². The van der Waals surface area contributed by atoms with Crippen LogP contribution in [0.15, 0.2) is 0 Å². The van der Waals surface area contributed by atoms with Crippen molar-refractivity contribution in [2.75, 3.05) is 24.6 Å². The van der Waals surface area contributed by atoms with E-state index in [9.17, 15) is 4.79 Å². The van der Waals surface area contributed by atoms with Crippen LogP contribution >= 0.6 is 24.2 Å². The number of hydrogen-bond donors (Lipinski definition) is 2. The Balaban J connectivity index is 0.00000361. The number of hydrogen-bond acceptors (Lipinski definition) is 3. The highest BCUT2D eigenvalue weighted by molar-refractivity contribution is 7.99. The summed E-state index contributed by atoms with van der Waals surface area (Å²) in [5.41, 5.74) is 0. The molecule has 2 atom stereocenters. The van der Waals surface area contributed by atoms with Gasteiger partial charge in [-0.3, -0.25) is 4.79 Å². The number of nitrogens with one attached hydrogen (secondary N) is 2. The van der Waals surface area contributed by atoms with Crippen molar-refractivity contribution < 1.29 is 4.79 Å². The first-order valence-electron chi connectivity index (χ1n) is 7.71. The third-order valence-electron chi connectivity index (χ3n) is 4.00. The van der Waals surface area contributed by atoms with Gasteiger partial charge in [-0.2, -0.15) is 11.8 Å². The summed E-state index contributed by atoms with van der Waals surface area (Å²) in [5, 5.41) is 6.52. The van der Waals surface area contributed by atoms with Gasteiger partial charge < -0.3 is 10.6 Å². The smallest absolute Gasteiger partial charge is 0.220 e. The molecule has 1 amide bonds. The molecule has 2 N–H and O–H groups in total. The molecule has 120 valence electrons. The highest BCUT2D eigenvalue weighted by Crippen LogP contribution is 2.24. The SMILES string of the molecule is CCSCCC(C)NC(=O)CC(C)C1CCNCC1.Cl. The molecule has 1 rings (SSSR count). The van der Waals surface area contributed by atoms with Crippen LogP contribution in [-0.2, 0) is 4.79 Å². The monoisotopic (exact) mass is 322 g/mol. The molecule has 1 heterocycles. The highest BCUT2D eigenvalue weighted by atomic mass is 35.5. The molecule has 5 heteroatoms. The lowest BCUT2D eigenvalue weighted by Gasteiger charge is -2.28. The number of halogens is 1. The summed E-state index contributed by atoms with van der Waals surface area (Å²) in [6, 6.07) is 0.312. The van der Waals surface area contributed by atoms with Gasteiger partial charge in [0.1, 0.15) is 0 Å². The van der Waals surface area contributed by atoms with Crippen LogP contribution < -0.4 is 10.6 Å². The topological polar surface area (TPSA) is 41.1 Å². The number of carbonyl (C=O) groups is 1. The van der Waals surface area contributed by atoms with Crippen LogP contribution in [0.5, 0.6) is 0 Å². The average Bonchev–Trinajstić information content (AvgIpc) is 2.39. The summed E-state index contributed by atoms with van der Waals surface area (Å²) in [6.07, 6.45) is 4.20. The third kappa shape index (κ3) is 8.38. The summed E-state index contributed by atoms with van der Waals surface area (Å²) >= 11 is 1.94. The molecule has 0 aromatic rings. The molecule has 0 bridgehead atoms. The second kappa shape index (κ2) is 11.7. The van der Waals surface area contributed by atoms with Crippen molar-refractivity contribution in [1.82, 2.24) is 10.6 Å². The quantitative estimate of drug-likeness (QED) is 0.675. The van der Waals surface area contributed by atoms with Crippen molar-refractivity contribution >= 4 is 30.1 Å². The molecule has 1 fully saturated rings. The first-order valence-corrected chi connectivity index (χ1v) is 8.86. The van der Waals surface area contributed by atoms with E-state index in [2.05, 4.69) is 31.4 Å². The lowest BCUT2D eigenvalue weighted by Crippen LogP contribution is -2.36. The number of piperidine rings is 1. The van der Waals surface area contributed by atoms with E-state index in [4.69, 9.17) is 0 Å². The summed E-state index contributed by atoms with van der Waals surface area (Å²) in [5.74, 6) is 3.77. The van der Waals surface area contributed by atoms with Crippen LogP contribution in [0.25, 0.3) is 0 Å². The number of amides is 1. The van der Waals surface area contributed by atoms with Gasteiger partial charge in [0.25, 0.3) is 0 Å². The Kier molecular flexibility index (Phi) is 11.7. The van der Waals surface area contributed by atoms with Crippen LogP contribution in [0.4, 0.5) is 0 Å². The zero-order valence-corrected chi connectivity index (χ0v) is 14.7. The minimum absolute atomic E-state index is 0. The number of rotatable bonds is 8. The molecule has 0 aromatic heterocycles. The van der Waals surface area contributed by atoms with E-state index < -0.39 is 0 Å². The first-order chi connectivity index (χ1) is 9.13. The van der Waals surface area contributed by atoms with E-state index in [1.807, 2.05) is 11.8 Å². The zero-order chi connectivity index (χ0) is 14.1. The van der Waals surface area contributed by atoms with Crippen molar-refractivity contribution in [3.63, 3.8) is 0 Å². The van der Waals surface area contributed by atoms with Crippen molar-refractivity contribution in [3.05, 3.63) is 0 Å². The Morgan fingerprint density at radius 1 is 1.35 bits per heavy atom. The van der Waals surface area contributed by atoms with Gasteiger partial charge in [0, 0.05) is 12.5 Å². The molecule has 0 spiro atoms. The van der Waals surface area contributed by atoms with Gasteiger partial charge in [-0.25, -0.2) is 0 Å². The molecular formula is C15H31ClN2OS. The molecule has 0 saturated carbocycles. The molecule has 2 unspecified atom stereocenters. The van der Waals surface area contributed by atoms with Crippen LogP contribution in [-0.4, -0.2) is 36.5 Å². The van der Waals surface area contributed by atoms with Crippen LogP contribution in [0.1, 0.15) is 46.5 Å². The third-order valence-corrected chi connectivity index (χ3v) is 4.94. The number of carbonyl (C=O) groups excluding carboxylic acids is 1. The number of thioether (sulfide) groups is 1. The Morgan fingerprint density at radius 2 is 2.00 bits per heavy atom. The van der Waals surface area contributed by atoms with Gasteiger partial charge in [-0.15, -0.1) is 12.4 Å². The molecule has 1 saturated heterocycles. The maximum atomic E-state index is 12.0. The fourth-order valence-corrected chi connectivity index (χ4v) is 3.49. The molecular weight excluding hydrogens is 292 g/mol. The molecule has 3 nitrogen and oxygen atoms in total. The van der Waals surface area contributed by atoms with Crippen molar-refractivity contribution in [2.24, 2.45) is 11.8 Å². The summed E-state index contributed by atoms with van der Waals surface area (Å²) in [4.78, 5) is 12.0. The summed E-state index contributed by atoms with van der Waals surface area (Å²) in [7, 11) is 0. The molecule has 1 aliphatic heterocycles.